The van der Waals surface area contributed by atoms with Crippen LogP contribution in [0.25, 0.3) is 10.2 Å². The van der Waals surface area contributed by atoms with Gasteiger partial charge < -0.3 is 15.2 Å². The monoisotopic (exact) mass is 208 g/mol. The normalized spacial score (nSPS) is 14.6. The van der Waals surface area contributed by atoms with E-state index in [1.165, 1.54) is 11.3 Å². The number of aromatic nitrogens is 1. The maximum absolute atomic E-state index is 5.63. The lowest BCUT2D eigenvalue weighted by Crippen LogP contribution is -2.15. The third-order valence-electron chi connectivity index (χ3n) is 2.08. The van der Waals surface area contributed by atoms with Gasteiger partial charge in [-0.3, -0.25) is 0 Å². The third kappa shape index (κ3) is 1.02. The Labute approximate surface area is 84.3 Å². The van der Waals surface area contributed by atoms with Crippen molar-refractivity contribution in [2.24, 2.45) is 0 Å². The van der Waals surface area contributed by atoms with E-state index in [0.717, 1.165) is 21.7 Å². The predicted octanol–water partition coefficient (Wildman–Crippen LogP) is 1.65. The van der Waals surface area contributed by atoms with E-state index in [2.05, 4.69) is 4.98 Å². The van der Waals surface area contributed by atoms with Crippen LogP contribution in [-0.4, -0.2) is 18.2 Å². The van der Waals surface area contributed by atoms with E-state index >= 15 is 0 Å². The van der Waals surface area contributed by atoms with Crippen molar-refractivity contribution in [1.82, 2.24) is 4.98 Å². The van der Waals surface area contributed by atoms with Gasteiger partial charge in [0.05, 0.1) is 5.52 Å². The molecular formula is C9H8N2O2S. The minimum absolute atomic E-state index is 0.558. The van der Waals surface area contributed by atoms with Gasteiger partial charge in [-0.15, -0.1) is 0 Å². The van der Waals surface area contributed by atoms with Gasteiger partial charge in [0.15, 0.2) is 16.6 Å². The molecule has 4 nitrogen and oxygen atoms in total. The number of hydrogen-bond acceptors (Lipinski definition) is 5. The number of nitrogens with zero attached hydrogens (tertiary/aromatic N) is 1. The van der Waals surface area contributed by atoms with E-state index in [9.17, 15) is 0 Å². The second kappa shape index (κ2) is 2.75. The molecule has 0 saturated heterocycles. The zero-order chi connectivity index (χ0) is 9.54. The van der Waals surface area contributed by atoms with Gasteiger partial charge >= 0.3 is 0 Å². The van der Waals surface area contributed by atoms with Crippen LogP contribution in [0.5, 0.6) is 11.5 Å². The van der Waals surface area contributed by atoms with E-state index in [4.69, 9.17) is 15.2 Å². The molecule has 14 heavy (non-hydrogen) atoms. The fourth-order valence-corrected chi connectivity index (χ4v) is 2.34. The van der Waals surface area contributed by atoms with Gasteiger partial charge in [-0.25, -0.2) is 4.98 Å². The molecular weight excluding hydrogens is 200 g/mol. The van der Waals surface area contributed by atoms with Crippen molar-refractivity contribution in [2.45, 2.75) is 0 Å². The summed E-state index contributed by atoms with van der Waals surface area (Å²) in [5, 5.41) is 0.558. The summed E-state index contributed by atoms with van der Waals surface area (Å²) in [5.41, 5.74) is 6.51. The van der Waals surface area contributed by atoms with E-state index in [1.807, 2.05) is 12.1 Å². The lowest BCUT2D eigenvalue weighted by atomic mass is 10.3. The highest BCUT2D eigenvalue weighted by Crippen LogP contribution is 2.40. The number of fused-ring (bicyclic) bond motifs is 3. The smallest absolute Gasteiger partial charge is 0.181 e. The molecule has 2 aromatic rings. The lowest BCUT2D eigenvalue weighted by Gasteiger charge is -2.17. The second-order valence-electron chi connectivity index (χ2n) is 2.99. The molecule has 0 saturated carbocycles. The van der Waals surface area contributed by atoms with Crippen molar-refractivity contribution in [3.05, 3.63) is 12.1 Å². The van der Waals surface area contributed by atoms with E-state index in [1.54, 1.807) is 0 Å². The summed E-state index contributed by atoms with van der Waals surface area (Å²) in [5.74, 6) is 1.57. The van der Waals surface area contributed by atoms with Crippen LogP contribution in [0.1, 0.15) is 0 Å². The Hall–Kier alpha value is -1.49. The van der Waals surface area contributed by atoms with Gasteiger partial charge in [-0.05, 0) is 12.1 Å². The summed E-state index contributed by atoms with van der Waals surface area (Å²) in [4.78, 5) is 4.18. The fourth-order valence-electron chi connectivity index (χ4n) is 1.51. The number of thiazole rings is 1. The van der Waals surface area contributed by atoms with E-state index in [0.29, 0.717) is 18.3 Å². The minimum atomic E-state index is 0.558. The molecule has 0 spiro atoms. The SMILES string of the molecule is Nc1nc2ccc3c(c2s1)OCCO3. The van der Waals surface area contributed by atoms with Crippen molar-refractivity contribution < 1.29 is 9.47 Å². The highest BCUT2D eigenvalue weighted by molar-refractivity contribution is 7.22. The zero-order valence-corrected chi connectivity index (χ0v) is 8.13. The van der Waals surface area contributed by atoms with Crippen molar-refractivity contribution in [3.63, 3.8) is 0 Å². The molecule has 0 fully saturated rings. The average molecular weight is 208 g/mol. The maximum Gasteiger partial charge on any atom is 0.181 e. The molecule has 1 aromatic heterocycles. The number of ether oxygens (including phenoxy) is 2. The minimum Gasteiger partial charge on any atom is -0.486 e. The Kier molecular flexibility index (Phi) is 1.55. The zero-order valence-electron chi connectivity index (χ0n) is 7.32. The number of benzene rings is 1. The van der Waals surface area contributed by atoms with Gasteiger partial charge in [-0.2, -0.15) is 0 Å². The Morgan fingerprint density at radius 1 is 1.29 bits per heavy atom. The number of nitrogens with two attached hydrogens (primary N) is 1. The van der Waals surface area contributed by atoms with Crippen LogP contribution in [0.2, 0.25) is 0 Å². The van der Waals surface area contributed by atoms with Crippen molar-refractivity contribution >= 4 is 26.7 Å². The van der Waals surface area contributed by atoms with Crippen LogP contribution >= 0.6 is 11.3 Å². The first kappa shape index (κ1) is 7.87. The standard InChI is InChI=1S/C9H8N2O2S/c10-9-11-5-1-2-6-7(8(5)14-9)13-4-3-12-6/h1-2H,3-4H2,(H2,10,11). The molecule has 0 amide bonds. The van der Waals surface area contributed by atoms with E-state index in [-0.39, 0.29) is 0 Å². The predicted molar refractivity (Wildman–Crippen MR) is 55.0 cm³/mol. The summed E-state index contributed by atoms with van der Waals surface area (Å²) in [6.45, 7) is 1.19. The van der Waals surface area contributed by atoms with Crippen LogP contribution in [0.15, 0.2) is 12.1 Å². The summed E-state index contributed by atoms with van der Waals surface area (Å²) < 4.78 is 12.0. The molecule has 0 radical (unpaired) electrons. The highest BCUT2D eigenvalue weighted by atomic mass is 32.1. The topological polar surface area (TPSA) is 57.4 Å². The first-order valence-electron chi connectivity index (χ1n) is 4.29. The van der Waals surface area contributed by atoms with Gasteiger partial charge in [0.1, 0.15) is 17.9 Å². The Morgan fingerprint density at radius 2 is 2.14 bits per heavy atom. The number of hydrogen-bond donors (Lipinski definition) is 1. The second-order valence-corrected chi connectivity index (χ2v) is 4.02. The quantitative estimate of drug-likeness (QED) is 0.715. The van der Waals surface area contributed by atoms with Crippen molar-refractivity contribution in [3.8, 4) is 11.5 Å². The highest BCUT2D eigenvalue weighted by Gasteiger charge is 2.17. The first-order chi connectivity index (χ1) is 6.84. The Bertz CT molecular complexity index is 495. The molecule has 72 valence electrons. The number of rotatable bonds is 0. The fraction of sp³-hybridized carbons (Fsp3) is 0.222. The summed E-state index contributed by atoms with van der Waals surface area (Å²) in [6.07, 6.45) is 0. The largest absolute Gasteiger partial charge is 0.486 e. The average Bonchev–Trinajstić information content (AvgIpc) is 2.59. The molecule has 1 aromatic carbocycles. The number of anilines is 1. The van der Waals surface area contributed by atoms with Gasteiger partial charge in [0.25, 0.3) is 0 Å². The molecule has 2 heterocycles. The molecule has 0 aliphatic carbocycles. The van der Waals surface area contributed by atoms with Crippen LogP contribution in [0, 0.1) is 0 Å². The molecule has 1 aliphatic heterocycles. The van der Waals surface area contributed by atoms with Gasteiger partial charge in [-0.1, -0.05) is 11.3 Å². The van der Waals surface area contributed by atoms with Crippen LogP contribution in [0.4, 0.5) is 5.13 Å². The summed E-state index contributed by atoms with van der Waals surface area (Å²) in [6, 6.07) is 3.77. The molecule has 0 unspecified atom stereocenters. The molecule has 2 N–H and O–H groups in total. The van der Waals surface area contributed by atoms with Crippen LogP contribution < -0.4 is 15.2 Å². The first-order valence-corrected chi connectivity index (χ1v) is 5.11. The molecule has 3 rings (SSSR count). The Morgan fingerprint density at radius 3 is 3.07 bits per heavy atom. The van der Waals surface area contributed by atoms with E-state index < -0.39 is 0 Å². The van der Waals surface area contributed by atoms with Crippen LogP contribution in [-0.2, 0) is 0 Å². The molecule has 0 bridgehead atoms. The molecule has 0 atom stereocenters. The van der Waals surface area contributed by atoms with Crippen LogP contribution in [0.3, 0.4) is 0 Å². The Balaban J connectivity index is 2.33. The maximum atomic E-state index is 5.63. The molecule has 1 aliphatic rings. The third-order valence-corrected chi connectivity index (χ3v) is 2.98. The lowest BCUT2D eigenvalue weighted by molar-refractivity contribution is 0.174. The van der Waals surface area contributed by atoms with Crippen molar-refractivity contribution in [1.29, 1.82) is 0 Å². The van der Waals surface area contributed by atoms with Gasteiger partial charge in [0.2, 0.25) is 0 Å². The summed E-state index contributed by atoms with van der Waals surface area (Å²) >= 11 is 1.43. The summed E-state index contributed by atoms with van der Waals surface area (Å²) in [7, 11) is 0. The van der Waals surface area contributed by atoms with Crippen molar-refractivity contribution in [2.75, 3.05) is 18.9 Å². The molecule has 5 heteroatoms. The van der Waals surface area contributed by atoms with Gasteiger partial charge in [0, 0.05) is 0 Å². The number of nitrogen functional groups attached to an aromatic ring is 1.